The maximum absolute atomic E-state index is 14.6. The van der Waals surface area contributed by atoms with Gasteiger partial charge in [0.1, 0.15) is 5.54 Å². The first-order valence-corrected chi connectivity index (χ1v) is 24.6. The number of likely N-dealkylation sites (tertiary alicyclic amines) is 1. The first-order chi connectivity index (χ1) is 31.0. The molecule has 3 aliphatic rings. The van der Waals surface area contributed by atoms with Gasteiger partial charge in [0.2, 0.25) is 23.6 Å². The highest BCUT2D eigenvalue weighted by atomic mass is 16.7. The predicted octanol–water partition coefficient (Wildman–Crippen LogP) is 5.12. The second kappa shape index (κ2) is 25.6. The molecule has 0 radical (unpaired) electrons. The van der Waals surface area contributed by atoms with Gasteiger partial charge in [-0.3, -0.25) is 43.9 Å². The molecule has 15 heteroatoms. The van der Waals surface area contributed by atoms with Crippen LogP contribution >= 0.6 is 0 Å². The Bertz CT molecular complexity index is 1680. The van der Waals surface area contributed by atoms with Gasteiger partial charge in [-0.2, -0.15) is 0 Å². The molecule has 1 aliphatic carbocycles. The molecule has 2 heterocycles. The highest BCUT2D eigenvalue weighted by Crippen LogP contribution is 2.53. The average Bonchev–Trinajstić information content (AvgIpc) is 3.80. The van der Waals surface area contributed by atoms with E-state index >= 15 is 0 Å². The molecule has 0 unspecified atom stereocenters. The summed E-state index contributed by atoms with van der Waals surface area (Å²) in [4.78, 5) is 82.8. The van der Waals surface area contributed by atoms with Crippen LogP contribution in [0.5, 0.6) is 0 Å². The van der Waals surface area contributed by atoms with E-state index in [1.807, 2.05) is 86.8 Å². The van der Waals surface area contributed by atoms with Crippen LogP contribution in [0.1, 0.15) is 131 Å². The Kier molecular flexibility index (Phi) is 21.3. The van der Waals surface area contributed by atoms with Crippen LogP contribution in [0.2, 0.25) is 0 Å². The largest absolute Gasteiger partial charge is 0.379 e. The van der Waals surface area contributed by atoms with Crippen molar-refractivity contribution in [3.05, 3.63) is 35.9 Å². The van der Waals surface area contributed by atoms with Crippen molar-refractivity contribution in [3.63, 3.8) is 0 Å². The fourth-order valence-corrected chi connectivity index (χ4v) is 10.7. The highest BCUT2D eigenvalue weighted by Gasteiger charge is 2.64. The summed E-state index contributed by atoms with van der Waals surface area (Å²) in [6.07, 6.45) is 7.16. The molecule has 4 rings (SSSR count). The summed E-state index contributed by atoms with van der Waals surface area (Å²) in [7, 11) is 7.01. The number of nitrogens with zero attached hydrogens (tertiary/aromatic N) is 4. The smallest absolute Gasteiger partial charge is 0.272 e. The van der Waals surface area contributed by atoms with Crippen LogP contribution in [0, 0.1) is 23.7 Å². The Morgan fingerprint density at radius 2 is 1.52 bits per heavy atom. The first-order valence-electron chi connectivity index (χ1n) is 24.6. The van der Waals surface area contributed by atoms with Gasteiger partial charge in [0, 0.05) is 39.3 Å². The van der Waals surface area contributed by atoms with E-state index in [-0.39, 0.29) is 71.7 Å². The molecule has 1 aromatic rings. The summed E-state index contributed by atoms with van der Waals surface area (Å²) in [6.45, 7) is 16.8. The predicted molar refractivity (Wildman–Crippen MR) is 253 cm³/mol. The molecule has 0 aromatic heterocycles. The summed E-state index contributed by atoms with van der Waals surface area (Å²) in [5, 5.41) is 7.39. The van der Waals surface area contributed by atoms with E-state index in [0.29, 0.717) is 39.1 Å². The van der Waals surface area contributed by atoms with Crippen molar-refractivity contribution in [2.45, 2.75) is 167 Å². The monoisotopic (exact) mass is 912 g/mol. The van der Waals surface area contributed by atoms with E-state index < -0.39 is 35.7 Å². The van der Waals surface area contributed by atoms with Gasteiger partial charge in [-0.25, -0.2) is 5.06 Å². The van der Waals surface area contributed by atoms with Gasteiger partial charge in [-0.05, 0) is 95.4 Å². The number of methoxy groups -OCH3 is 2. The molecule has 368 valence electrons. The number of ether oxygens (including phenoxy) is 2. The van der Waals surface area contributed by atoms with Crippen molar-refractivity contribution in [3.8, 4) is 0 Å². The molecular weight excluding hydrogens is 827 g/mol. The number of nitrogens with one attached hydrogen (secondary N) is 2. The van der Waals surface area contributed by atoms with Crippen molar-refractivity contribution in [1.82, 2.24) is 30.4 Å². The Balaban J connectivity index is 1.49. The molecule has 1 saturated carbocycles. The zero-order valence-corrected chi connectivity index (χ0v) is 41.7. The Hall–Kier alpha value is -3.47. The van der Waals surface area contributed by atoms with Crippen LogP contribution < -0.4 is 16.4 Å². The maximum Gasteiger partial charge on any atom is 0.272 e. The van der Waals surface area contributed by atoms with Crippen molar-refractivity contribution in [2.24, 2.45) is 29.4 Å². The molecular formula is C50H85N7O8. The van der Waals surface area contributed by atoms with Crippen LogP contribution in [0.25, 0.3) is 0 Å². The molecule has 2 aliphatic heterocycles. The lowest BCUT2D eigenvalue weighted by Crippen LogP contribution is -2.60. The maximum atomic E-state index is 14.6. The fourth-order valence-electron chi connectivity index (χ4n) is 10.7. The summed E-state index contributed by atoms with van der Waals surface area (Å²) in [6, 6.07) is 7.89. The summed E-state index contributed by atoms with van der Waals surface area (Å²) >= 11 is 0. The second-order valence-corrected chi connectivity index (χ2v) is 19.8. The molecule has 0 spiro atoms. The van der Waals surface area contributed by atoms with Crippen LogP contribution in [0.3, 0.4) is 0 Å². The van der Waals surface area contributed by atoms with E-state index in [9.17, 15) is 24.0 Å². The highest BCUT2D eigenvalue weighted by molar-refractivity contribution is 6.00. The SMILES string of the molecule is CC[C@H](C)[C@@H]([C@@H](CC(=O)N1CCC[C@H]1[C@H](OC)[C@@H](C)C(=O)N[C@@]1(C(=O)N2CCCCO2)C[C@@H]1c1ccccc1)OC)N(C)[C@H](C(=O)NC(=O)[C@H](C(C)C)N(C)CCCCCCN)C(C)C. The number of carbonyl (C=O) groups excluding carboxylic acids is 5. The Morgan fingerprint density at radius 3 is 2.11 bits per heavy atom. The third-order valence-electron chi connectivity index (χ3n) is 14.5. The minimum Gasteiger partial charge on any atom is -0.379 e. The summed E-state index contributed by atoms with van der Waals surface area (Å²) in [5.41, 5.74) is 5.51. The van der Waals surface area contributed by atoms with Crippen molar-refractivity contribution in [2.75, 3.05) is 61.1 Å². The molecule has 4 N–H and O–H groups in total. The minimum absolute atomic E-state index is 0.0149. The van der Waals surface area contributed by atoms with Gasteiger partial charge in [-0.15, -0.1) is 0 Å². The normalized spacial score (nSPS) is 23.3. The van der Waals surface area contributed by atoms with E-state index in [4.69, 9.17) is 20.0 Å². The number of benzene rings is 1. The number of hydrogen-bond acceptors (Lipinski definition) is 11. The Labute approximate surface area is 390 Å². The van der Waals surface area contributed by atoms with Crippen LogP contribution in [-0.2, 0) is 38.3 Å². The van der Waals surface area contributed by atoms with Crippen molar-refractivity contribution >= 4 is 29.5 Å². The molecule has 3 fully saturated rings. The number of rotatable bonds is 26. The van der Waals surface area contributed by atoms with Crippen molar-refractivity contribution in [1.29, 1.82) is 0 Å². The molecule has 5 amide bonds. The fraction of sp³-hybridized carbons (Fsp3) is 0.780. The Morgan fingerprint density at radius 1 is 0.862 bits per heavy atom. The average molecular weight is 912 g/mol. The number of carbonyl (C=O) groups is 5. The molecule has 0 bridgehead atoms. The molecule has 2 saturated heterocycles. The molecule has 15 nitrogen and oxygen atoms in total. The lowest BCUT2D eigenvalue weighted by Gasteiger charge is -2.43. The second-order valence-electron chi connectivity index (χ2n) is 19.8. The number of unbranched alkanes of at least 4 members (excludes halogenated alkanes) is 3. The lowest BCUT2D eigenvalue weighted by atomic mass is 9.87. The van der Waals surface area contributed by atoms with Crippen LogP contribution in [0.4, 0.5) is 0 Å². The first kappa shape index (κ1) is 54.1. The van der Waals surface area contributed by atoms with Gasteiger partial charge in [0.05, 0.1) is 49.3 Å². The third-order valence-corrected chi connectivity index (χ3v) is 14.5. The number of likely N-dealkylation sites (N-methyl/N-ethyl adjacent to an activating group) is 2. The van der Waals surface area contributed by atoms with Crippen molar-refractivity contribution < 1.29 is 38.3 Å². The minimum atomic E-state index is -1.13. The van der Waals surface area contributed by atoms with E-state index in [1.54, 1.807) is 21.1 Å². The standard InChI is InChI=1S/C50H85N7O8/c1-12-35(6)44(55(9)43(34(4)5)48(61)52-47(60)42(33(2)3)54(8)27-19-14-13-18-26-51)40(63-10)31-41(58)56-28-22-25-39(56)45(64-11)36(7)46(59)53-50(49(62)57-29-20-21-30-65-57)32-38(50)37-23-16-15-17-24-37/h15-17,23-24,33-36,38-40,42-45H,12-14,18-22,25-32,51H2,1-11H3,(H,53,59)(H,52,60,61)/t35-,36+,38+,39-,40+,42-,43-,44-,45+,50-/m0/s1. The zero-order chi connectivity index (χ0) is 48.0. The van der Waals surface area contributed by atoms with Gasteiger partial charge in [0.15, 0.2) is 0 Å². The number of imide groups is 1. The lowest BCUT2D eigenvalue weighted by molar-refractivity contribution is -0.200. The molecule has 1 aromatic carbocycles. The van der Waals surface area contributed by atoms with E-state index in [1.165, 1.54) is 5.06 Å². The quantitative estimate of drug-likeness (QED) is 0.105. The van der Waals surface area contributed by atoms with Gasteiger partial charge in [0.25, 0.3) is 5.91 Å². The topological polar surface area (TPSA) is 176 Å². The zero-order valence-electron chi connectivity index (χ0n) is 41.7. The molecule has 10 atom stereocenters. The summed E-state index contributed by atoms with van der Waals surface area (Å²) in [5.74, 6) is -2.39. The van der Waals surface area contributed by atoms with Crippen LogP contribution in [-0.4, -0.2) is 152 Å². The third kappa shape index (κ3) is 13.6. The van der Waals surface area contributed by atoms with Gasteiger partial charge < -0.3 is 25.4 Å². The number of nitrogens with two attached hydrogens (primary N) is 1. The number of hydroxylamine groups is 2. The van der Waals surface area contributed by atoms with Gasteiger partial charge >= 0.3 is 0 Å². The van der Waals surface area contributed by atoms with Gasteiger partial charge in [-0.1, -0.05) is 98.1 Å². The van der Waals surface area contributed by atoms with E-state index in [2.05, 4.69) is 24.5 Å². The van der Waals surface area contributed by atoms with E-state index in [0.717, 1.165) is 63.5 Å². The number of amides is 5. The molecule has 65 heavy (non-hydrogen) atoms. The summed E-state index contributed by atoms with van der Waals surface area (Å²) < 4.78 is 12.3. The number of hydrogen-bond donors (Lipinski definition) is 3. The van der Waals surface area contributed by atoms with Crippen LogP contribution in [0.15, 0.2) is 30.3 Å².